The van der Waals surface area contributed by atoms with Crippen LogP contribution >= 0.6 is 12.4 Å². The summed E-state index contributed by atoms with van der Waals surface area (Å²) in [7, 11) is -1.80. The van der Waals surface area contributed by atoms with E-state index in [1.807, 2.05) is 0 Å². The highest BCUT2D eigenvalue weighted by atomic mass is 35.5. The monoisotopic (exact) mass is 404 g/mol. The second-order valence-electron chi connectivity index (χ2n) is 7.18. The Kier molecular flexibility index (Phi) is 7.12. The number of hydrogen-bond donors (Lipinski definition) is 1. The molecule has 1 aromatic rings. The van der Waals surface area contributed by atoms with Gasteiger partial charge in [0.15, 0.2) is 0 Å². The predicted molar refractivity (Wildman–Crippen MR) is 103 cm³/mol. The third-order valence-electron chi connectivity index (χ3n) is 5.08. The van der Waals surface area contributed by atoms with Crippen LogP contribution in [0.1, 0.15) is 36.7 Å². The summed E-state index contributed by atoms with van der Waals surface area (Å²) in [5.41, 5.74) is 0.436. The molecule has 148 valence electrons. The second-order valence-corrected chi connectivity index (χ2v) is 9.12. The molecule has 0 saturated carbocycles. The quantitative estimate of drug-likeness (QED) is 0.824. The molecule has 1 N–H and O–H groups in total. The third-order valence-corrected chi connectivity index (χ3v) is 6.91. The van der Waals surface area contributed by atoms with Crippen LogP contribution in [0.2, 0.25) is 0 Å². The lowest BCUT2D eigenvalue weighted by molar-refractivity contribution is 0.0757. The van der Waals surface area contributed by atoms with Gasteiger partial charge in [-0.1, -0.05) is 6.92 Å². The average molecular weight is 405 g/mol. The lowest BCUT2D eigenvalue weighted by Gasteiger charge is -2.29. The van der Waals surface area contributed by atoms with E-state index in [0.29, 0.717) is 37.8 Å². The Bertz CT molecular complexity index is 726. The van der Waals surface area contributed by atoms with Crippen molar-refractivity contribution in [1.29, 1.82) is 0 Å². The smallest absolute Gasteiger partial charge is 0.270 e. The molecule has 1 unspecified atom stereocenters. The molecule has 0 bridgehead atoms. The molecular weight excluding hydrogens is 376 g/mol. The van der Waals surface area contributed by atoms with E-state index in [2.05, 4.69) is 12.2 Å². The van der Waals surface area contributed by atoms with Crippen molar-refractivity contribution in [3.05, 3.63) is 18.0 Å². The van der Waals surface area contributed by atoms with E-state index < -0.39 is 10.0 Å². The van der Waals surface area contributed by atoms with Crippen molar-refractivity contribution in [2.24, 2.45) is 13.0 Å². The molecule has 0 spiro atoms. The zero-order chi connectivity index (χ0) is 18.0. The summed E-state index contributed by atoms with van der Waals surface area (Å²) in [6, 6.07) is 1.54. The summed E-state index contributed by atoms with van der Waals surface area (Å²) in [5, 5.41) is 3.27. The fraction of sp³-hybridized carbons (Fsp3) is 0.706. The van der Waals surface area contributed by atoms with Crippen LogP contribution in [0.25, 0.3) is 0 Å². The van der Waals surface area contributed by atoms with E-state index in [-0.39, 0.29) is 23.2 Å². The third kappa shape index (κ3) is 4.42. The lowest BCUT2D eigenvalue weighted by atomic mass is 10.0. The normalized spacial score (nSPS) is 22.5. The van der Waals surface area contributed by atoms with Gasteiger partial charge in [-0.15, -0.1) is 12.4 Å². The molecule has 0 aliphatic carbocycles. The molecule has 2 aliphatic heterocycles. The molecular formula is C17H29ClN4O3S. The lowest BCUT2D eigenvalue weighted by Crippen LogP contribution is -2.38. The number of nitrogens with zero attached hydrogens (tertiary/aromatic N) is 3. The molecule has 9 heteroatoms. The Morgan fingerprint density at radius 1 is 1.19 bits per heavy atom. The number of carbonyl (C=O) groups is 1. The molecule has 7 nitrogen and oxygen atoms in total. The Morgan fingerprint density at radius 2 is 1.96 bits per heavy atom. The fourth-order valence-electron chi connectivity index (χ4n) is 3.61. The number of piperidine rings is 1. The van der Waals surface area contributed by atoms with Gasteiger partial charge in [-0.25, -0.2) is 8.42 Å². The van der Waals surface area contributed by atoms with E-state index in [1.165, 1.54) is 6.07 Å². The van der Waals surface area contributed by atoms with Crippen LogP contribution in [-0.2, 0) is 17.1 Å². The van der Waals surface area contributed by atoms with Crippen LogP contribution in [0.4, 0.5) is 0 Å². The molecule has 1 aromatic heterocycles. The van der Waals surface area contributed by atoms with Gasteiger partial charge in [0.25, 0.3) is 5.91 Å². The van der Waals surface area contributed by atoms with Gasteiger partial charge >= 0.3 is 0 Å². The maximum atomic E-state index is 12.9. The van der Waals surface area contributed by atoms with Gasteiger partial charge < -0.3 is 14.8 Å². The van der Waals surface area contributed by atoms with Crippen molar-refractivity contribution < 1.29 is 13.2 Å². The fourth-order valence-corrected chi connectivity index (χ4v) is 5.28. The minimum absolute atomic E-state index is 0. The van der Waals surface area contributed by atoms with Gasteiger partial charge in [0.05, 0.1) is 0 Å². The van der Waals surface area contributed by atoms with Crippen molar-refractivity contribution in [3.8, 4) is 0 Å². The Labute approximate surface area is 162 Å². The summed E-state index contributed by atoms with van der Waals surface area (Å²) in [5.74, 6) is 0.276. The minimum Gasteiger partial charge on any atom is -0.345 e. The summed E-state index contributed by atoms with van der Waals surface area (Å²) < 4.78 is 29.1. The van der Waals surface area contributed by atoms with Gasteiger partial charge in [-0.3, -0.25) is 4.79 Å². The number of carbonyl (C=O) groups excluding carboxylic acids is 1. The summed E-state index contributed by atoms with van der Waals surface area (Å²) in [6.07, 6.45) is 4.43. The van der Waals surface area contributed by atoms with Gasteiger partial charge in [-0.05, 0) is 37.8 Å². The largest absolute Gasteiger partial charge is 0.345 e. The zero-order valence-electron chi connectivity index (χ0n) is 15.5. The van der Waals surface area contributed by atoms with Crippen LogP contribution in [0.5, 0.6) is 0 Å². The van der Waals surface area contributed by atoms with Crippen LogP contribution in [0.15, 0.2) is 17.2 Å². The first-order chi connectivity index (χ1) is 11.9. The number of sulfonamides is 1. The van der Waals surface area contributed by atoms with Crippen LogP contribution in [0, 0.1) is 5.92 Å². The first-order valence-electron chi connectivity index (χ1n) is 9.06. The van der Waals surface area contributed by atoms with Crippen molar-refractivity contribution in [3.63, 3.8) is 0 Å². The first-order valence-corrected chi connectivity index (χ1v) is 10.5. The van der Waals surface area contributed by atoms with E-state index in [9.17, 15) is 13.2 Å². The highest BCUT2D eigenvalue weighted by Crippen LogP contribution is 2.25. The van der Waals surface area contributed by atoms with E-state index in [1.54, 1.807) is 27.0 Å². The van der Waals surface area contributed by atoms with Crippen molar-refractivity contribution >= 4 is 28.3 Å². The van der Waals surface area contributed by atoms with E-state index in [4.69, 9.17) is 0 Å². The highest BCUT2D eigenvalue weighted by molar-refractivity contribution is 7.89. The molecule has 2 saturated heterocycles. The molecule has 3 rings (SSSR count). The number of rotatable bonds is 3. The zero-order valence-corrected chi connectivity index (χ0v) is 17.1. The van der Waals surface area contributed by atoms with Crippen molar-refractivity contribution in [1.82, 2.24) is 19.1 Å². The highest BCUT2D eigenvalue weighted by Gasteiger charge is 2.31. The average Bonchev–Trinajstić information content (AvgIpc) is 2.81. The number of aryl methyl sites for hydroxylation is 1. The van der Waals surface area contributed by atoms with Crippen LogP contribution < -0.4 is 5.32 Å². The maximum absolute atomic E-state index is 12.9. The number of aromatic nitrogens is 1. The second kappa shape index (κ2) is 8.73. The molecule has 3 heterocycles. The van der Waals surface area contributed by atoms with Gasteiger partial charge in [0.2, 0.25) is 10.0 Å². The Balaban J connectivity index is 0.00000243. The molecule has 0 radical (unpaired) electrons. The molecule has 26 heavy (non-hydrogen) atoms. The standard InChI is InChI=1S/C17H28N4O3S.ClH/c1-14-5-3-9-21(12-14)25(23,24)15-11-16(19(2)13-15)17(22)20-8-4-6-18-7-10-20;/h11,13-14,18H,3-10,12H2,1-2H3;1H. The predicted octanol–water partition coefficient (Wildman–Crippen LogP) is 1.30. The number of halogens is 1. The van der Waals surface area contributed by atoms with Crippen LogP contribution in [0.3, 0.4) is 0 Å². The molecule has 1 amide bonds. The van der Waals surface area contributed by atoms with Crippen molar-refractivity contribution in [2.45, 2.75) is 31.1 Å². The molecule has 0 aromatic carbocycles. The summed E-state index contributed by atoms with van der Waals surface area (Å²) in [4.78, 5) is 14.8. The van der Waals surface area contributed by atoms with Gasteiger partial charge in [-0.2, -0.15) is 4.31 Å². The van der Waals surface area contributed by atoms with Gasteiger partial charge in [0, 0.05) is 46.0 Å². The topological polar surface area (TPSA) is 74.7 Å². The Morgan fingerprint density at radius 3 is 2.69 bits per heavy atom. The number of nitrogens with one attached hydrogen (secondary N) is 1. The summed E-state index contributed by atoms with van der Waals surface area (Å²) in [6.45, 7) is 6.21. The molecule has 2 aliphatic rings. The minimum atomic E-state index is -3.54. The van der Waals surface area contributed by atoms with E-state index in [0.717, 1.165) is 32.4 Å². The Hall–Kier alpha value is -1.09. The maximum Gasteiger partial charge on any atom is 0.270 e. The first kappa shape index (κ1) is 21.2. The van der Waals surface area contributed by atoms with E-state index >= 15 is 0 Å². The molecule has 2 fully saturated rings. The number of amides is 1. The van der Waals surface area contributed by atoms with Crippen molar-refractivity contribution in [2.75, 3.05) is 39.3 Å². The SMILES string of the molecule is CC1CCCN(S(=O)(=O)c2cc(C(=O)N3CCCNCC3)n(C)c2)C1.Cl. The molecule has 1 atom stereocenters. The van der Waals surface area contributed by atoms with Gasteiger partial charge in [0.1, 0.15) is 10.6 Å². The number of hydrogen-bond acceptors (Lipinski definition) is 4. The van der Waals surface area contributed by atoms with Crippen LogP contribution in [-0.4, -0.2) is 67.4 Å². The summed E-state index contributed by atoms with van der Waals surface area (Å²) >= 11 is 0.